The van der Waals surface area contributed by atoms with Crippen LogP contribution >= 0.6 is 7.82 Å². The van der Waals surface area contributed by atoms with Gasteiger partial charge in [-0.2, -0.15) is 0 Å². The van der Waals surface area contributed by atoms with Gasteiger partial charge in [0.25, 0.3) is 0 Å². The summed E-state index contributed by atoms with van der Waals surface area (Å²) in [5.41, 5.74) is 0. The van der Waals surface area contributed by atoms with Crippen LogP contribution < -0.4 is 0 Å². The zero-order valence-corrected chi connectivity index (χ0v) is 32.4. The van der Waals surface area contributed by atoms with Gasteiger partial charge in [-0.25, -0.2) is 9.45 Å². The van der Waals surface area contributed by atoms with Gasteiger partial charge in [-0.3, -0.25) is 9.05 Å². The second kappa shape index (κ2) is 36.3. The average Bonchev–Trinajstić information content (AvgIpc) is 3.04. The van der Waals surface area contributed by atoms with Crippen LogP contribution in [0, 0.1) is 0 Å². The number of unbranched alkanes of at least 4 members (excludes halogenated alkanes) is 16. The summed E-state index contributed by atoms with van der Waals surface area (Å²) < 4.78 is 30.0. The molecule has 7 heteroatoms. The first-order valence-electron chi connectivity index (χ1n) is 19.4. The Morgan fingerprint density at radius 3 is 1.38 bits per heavy atom. The van der Waals surface area contributed by atoms with Gasteiger partial charge >= 0.3 is 7.82 Å². The fourth-order valence-electron chi connectivity index (χ4n) is 5.27. The molecule has 0 saturated carbocycles. The van der Waals surface area contributed by atoms with Crippen LogP contribution in [0.25, 0.3) is 0 Å². The van der Waals surface area contributed by atoms with Gasteiger partial charge in [0, 0.05) is 6.54 Å². The second-order valence-electron chi connectivity index (χ2n) is 13.1. The van der Waals surface area contributed by atoms with Gasteiger partial charge < -0.3 is 4.90 Å². The first-order chi connectivity index (χ1) is 23.0. The maximum absolute atomic E-state index is 13.3. The van der Waals surface area contributed by atoms with Gasteiger partial charge in [0.05, 0.1) is 19.8 Å². The normalized spacial score (nSPS) is 13.9. The Morgan fingerprint density at radius 1 is 0.574 bits per heavy atom. The third kappa shape index (κ3) is 34.6. The van der Waals surface area contributed by atoms with E-state index in [4.69, 9.17) is 18.6 Å². The molecule has 0 N–H and O–H groups in total. The van der Waals surface area contributed by atoms with E-state index in [-0.39, 0.29) is 12.7 Å². The van der Waals surface area contributed by atoms with E-state index < -0.39 is 7.82 Å². The molecule has 6 nitrogen and oxygen atoms in total. The summed E-state index contributed by atoms with van der Waals surface area (Å²) in [6, 6.07) is 0. The summed E-state index contributed by atoms with van der Waals surface area (Å²) >= 11 is 0. The van der Waals surface area contributed by atoms with Crippen molar-refractivity contribution >= 4 is 7.82 Å². The molecule has 0 radical (unpaired) electrons. The highest BCUT2D eigenvalue weighted by Crippen LogP contribution is 2.51. The maximum Gasteiger partial charge on any atom is 0.502 e. The highest BCUT2D eigenvalue weighted by molar-refractivity contribution is 7.48. The van der Waals surface area contributed by atoms with E-state index >= 15 is 0 Å². The molecule has 1 atom stereocenters. The minimum absolute atomic E-state index is 0.155. The molecule has 0 aromatic rings. The Bertz CT molecular complexity index is 764. The van der Waals surface area contributed by atoms with Crippen molar-refractivity contribution in [3.8, 4) is 0 Å². The summed E-state index contributed by atoms with van der Waals surface area (Å²) in [5.74, 6) is 0. The zero-order chi connectivity index (χ0) is 34.5. The first-order valence-corrected chi connectivity index (χ1v) is 20.8. The van der Waals surface area contributed by atoms with Crippen molar-refractivity contribution in [2.24, 2.45) is 0 Å². The molecule has 276 valence electrons. The van der Waals surface area contributed by atoms with E-state index in [9.17, 15) is 4.57 Å². The quantitative estimate of drug-likeness (QED) is 0.0216. The van der Waals surface area contributed by atoms with Gasteiger partial charge in [0.15, 0.2) is 0 Å². The van der Waals surface area contributed by atoms with E-state index in [0.29, 0.717) is 6.54 Å². The van der Waals surface area contributed by atoms with Crippen molar-refractivity contribution in [3.63, 3.8) is 0 Å². The molecule has 1 unspecified atom stereocenters. The predicted molar refractivity (Wildman–Crippen MR) is 204 cm³/mol. The number of hydrogen-bond acceptors (Lipinski definition) is 6. The number of allylic oxidation sites excluding steroid dienone is 8. The number of likely N-dealkylation sites (N-methyl/N-ethyl adjacent to an activating group) is 1. The molecule has 0 spiro atoms. The Kier molecular flexibility index (Phi) is 35.5. The summed E-state index contributed by atoms with van der Waals surface area (Å²) in [6.07, 6.45) is 46.5. The van der Waals surface area contributed by atoms with E-state index in [0.717, 1.165) is 38.5 Å². The van der Waals surface area contributed by atoms with Gasteiger partial charge in [0.1, 0.15) is 0 Å². The van der Waals surface area contributed by atoms with E-state index in [1.165, 1.54) is 123 Å². The smallest absolute Gasteiger partial charge is 0.307 e. The summed E-state index contributed by atoms with van der Waals surface area (Å²) in [6.45, 7) is 5.36. The summed E-state index contributed by atoms with van der Waals surface area (Å²) in [5, 5.41) is 0. The molecule has 0 fully saturated rings. The topological polar surface area (TPSA) is 57.2 Å². The predicted octanol–water partition coefficient (Wildman–Crippen LogP) is 13.3. The van der Waals surface area contributed by atoms with Gasteiger partial charge in [-0.1, -0.05) is 152 Å². The maximum atomic E-state index is 13.3. The van der Waals surface area contributed by atoms with Crippen LogP contribution in [0.2, 0.25) is 0 Å². The second-order valence-corrected chi connectivity index (χ2v) is 14.6. The number of hydrogen-bond donors (Lipinski definition) is 0. The Labute approximate surface area is 292 Å². The van der Waals surface area contributed by atoms with Crippen LogP contribution in [-0.4, -0.2) is 45.4 Å². The molecule has 0 aliphatic heterocycles. The van der Waals surface area contributed by atoms with Crippen LogP contribution in [-0.2, 0) is 23.2 Å². The summed E-state index contributed by atoms with van der Waals surface area (Å²) in [7, 11) is 1.47. The molecule has 0 aromatic carbocycles. The number of rotatable bonds is 36. The van der Waals surface area contributed by atoms with Crippen LogP contribution in [0.15, 0.2) is 48.6 Å². The molecule has 0 amide bonds. The molecular formula is C40H76NO5P. The van der Waals surface area contributed by atoms with Crippen LogP contribution in [0.5, 0.6) is 0 Å². The van der Waals surface area contributed by atoms with E-state index in [1.54, 1.807) is 0 Å². The molecule has 0 aliphatic carbocycles. The molecule has 0 saturated heterocycles. The van der Waals surface area contributed by atoms with Crippen LogP contribution in [0.1, 0.15) is 168 Å². The minimum atomic E-state index is -3.78. The molecule has 0 aromatic heterocycles. The lowest BCUT2D eigenvalue weighted by molar-refractivity contribution is -0.204. The van der Waals surface area contributed by atoms with Gasteiger partial charge in [-0.05, 0) is 78.3 Å². The molecule has 47 heavy (non-hydrogen) atoms. The van der Waals surface area contributed by atoms with Crippen molar-refractivity contribution in [2.45, 2.75) is 174 Å². The average molecular weight is 682 g/mol. The standard InChI is InChI=1S/C40H76NO5P/c1-6-8-10-12-14-16-18-20-22-24-26-28-30-32-34-36-40(45-47(42,46-43-5)44-39-38-41(3)4)37-35-33-31-29-27-25-23-21-19-17-15-13-11-9-7-2/h12-15,18-21,40H,6-11,16-17,22-39H2,1-5H3/b14-12-,15-13-,20-18-,21-19-. The van der Waals surface area contributed by atoms with Crippen molar-refractivity contribution in [3.05, 3.63) is 48.6 Å². The van der Waals surface area contributed by atoms with Gasteiger partial charge in [-0.15, -0.1) is 4.67 Å². The third-order valence-electron chi connectivity index (χ3n) is 8.19. The lowest BCUT2D eigenvalue weighted by Gasteiger charge is -2.23. The molecule has 0 heterocycles. The third-order valence-corrected chi connectivity index (χ3v) is 9.57. The van der Waals surface area contributed by atoms with Crippen LogP contribution in [0.3, 0.4) is 0 Å². The van der Waals surface area contributed by atoms with Gasteiger partial charge in [0.2, 0.25) is 0 Å². The highest BCUT2D eigenvalue weighted by Gasteiger charge is 2.32. The highest BCUT2D eigenvalue weighted by atomic mass is 31.2. The van der Waals surface area contributed by atoms with Crippen LogP contribution in [0.4, 0.5) is 0 Å². The van der Waals surface area contributed by atoms with E-state index in [1.807, 2.05) is 19.0 Å². The fourth-order valence-corrected chi connectivity index (χ4v) is 6.47. The Morgan fingerprint density at radius 2 is 0.979 bits per heavy atom. The number of phosphoric acid groups is 1. The SMILES string of the molecule is CCCC/C=C\C/C=C\CCCCCCCCC(CCCCCCCC/C=C\C/C=C\CCCC)OP(=O)(OCCN(C)C)OOC. The fraction of sp³-hybridized carbons (Fsp3) is 0.800. The first kappa shape index (κ1) is 46.0. The zero-order valence-electron chi connectivity index (χ0n) is 31.5. The summed E-state index contributed by atoms with van der Waals surface area (Å²) in [4.78, 5) is 6.76. The molecule has 0 bridgehead atoms. The number of nitrogens with zero attached hydrogens (tertiary/aromatic N) is 1. The Hall–Kier alpha value is -1.01. The van der Waals surface area contributed by atoms with Crippen molar-refractivity contribution in [1.29, 1.82) is 0 Å². The lowest BCUT2D eigenvalue weighted by atomic mass is 10.0. The van der Waals surface area contributed by atoms with Crippen molar-refractivity contribution in [2.75, 3.05) is 34.4 Å². The Balaban J connectivity index is 4.38. The van der Waals surface area contributed by atoms with E-state index in [2.05, 4.69) is 62.5 Å². The minimum Gasteiger partial charge on any atom is -0.307 e. The molecule has 0 rings (SSSR count). The molecular weight excluding hydrogens is 605 g/mol. The van der Waals surface area contributed by atoms with Crippen molar-refractivity contribution in [1.82, 2.24) is 4.90 Å². The largest absolute Gasteiger partial charge is 0.502 e. The van der Waals surface area contributed by atoms with Crippen molar-refractivity contribution < 1.29 is 23.2 Å². The molecule has 0 aliphatic rings. The lowest BCUT2D eigenvalue weighted by Crippen LogP contribution is -2.19. The number of phosphoric ester groups is 1. The monoisotopic (exact) mass is 682 g/mol.